The second-order valence-corrected chi connectivity index (χ2v) is 13.4. The second kappa shape index (κ2) is 11.7. The molecule has 2 saturated heterocycles. The van der Waals surface area contributed by atoms with Crippen molar-refractivity contribution in [1.29, 1.82) is 0 Å². The van der Waals surface area contributed by atoms with Gasteiger partial charge < -0.3 is 39.4 Å². The Morgan fingerprint density at radius 2 is 2.00 bits per heavy atom. The Hall–Kier alpha value is -2.86. The number of nitrogens with zero attached hydrogens (tertiary/aromatic N) is 6. The number of nitrogens with two attached hydrogens (primary N) is 2. The first-order valence-corrected chi connectivity index (χ1v) is 16.6. The first-order chi connectivity index (χ1) is 20.1. The van der Waals surface area contributed by atoms with Gasteiger partial charge in [-0.15, -0.1) is 0 Å². The Bertz CT molecular complexity index is 1740. The van der Waals surface area contributed by atoms with Crippen LogP contribution >= 0.6 is 27.3 Å². The minimum Gasteiger partial charge on any atom is -0.383 e. The third kappa shape index (κ3) is 6.10. The maximum Gasteiger partial charge on any atom is 0.383 e. The normalized spacial score (nSPS) is 26.7. The fourth-order valence-electron chi connectivity index (χ4n) is 5.03. The lowest BCUT2D eigenvalue weighted by Gasteiger charge is -2.20. The van der Waals surface area contributed by atoms with Crippen molar-refractivity contribution in [2.75, 3.05) is 24.7 Å². The predicted octanol–water partition coefficient (Wildman–Crippen LogP) is 1.53. The van der Waals surface area contributed by atoms with Crippen molar-refractivity contribution in [2.45, 2.75) is 50.0 Å². The van der Waals surface area contributed by atoms with Gasteiger partial charge in [0.2, 0.25) is 5.95 Å². The molecule has 0 saturated carbocycles. The Labute approximate surface area is 242 Å². The summed E-state index contributed by atoms with van der Waals surface area (Å²) in [6.45, 7) is -4.50. The number of hydrogen-bond donors (Lipinski definition) is 5. The number of fused-ring (bicyclic) bond motifs is 2. The number of thiol groups is 1. The predicted molar refractivity (Wildman–Crippen MR) is 151 cm³/mol. The van der Waals surface area contributed by atoms with Crippen LogP contribution in [0.3, 0.4) is 0 Å². The quantitative estimate of drug-likeness (QED) is 0.121. The molecule has 0 spiro atoms. The third-order valence-corrected chi connectivity index (χ3v) is 8.65. The maximum atomic E-state index is 12.9. The van der Waals surface area contributed by atoms with Crippen LogP contribution in [0.2, 0.25) is 0 Å². The summed E-state index contributed by atoms with van der Waals surface area (Å²) in [5, 5.41) is 0.620. The van der Waals surface area contributed by atoms with Crippen molar-refractivity contribution in [3.63, 3.8) is 0 Å². The van der Waals surface area contributed by atoms with E-state index in [0.717, 1.165) is 0 Å². The van der Waals surface area contributed by atoms with Crippen LogP contribution in [0.1, 0.15) is 31.7 Å². The fraction of sp³-hybridized carbons (Fsp3) is 0.476. The number of imidazole rings is 1. The third-order valence-electron chi connectivity index (χ3n) is 6.92. The number of ether oxygens (including phenoxy) is 2. The molecule has 4 aromatic rings. The zero-order valence-corrected chi connectivity index (χ0v) is 24.5. The molecule has 6 heterocycles. The minimum atomic E-state index is -4.12. The van der Waals surface area contributed by atoms with Gasteiger partial charge in [-0.1, -0.05) is 12.2 Å². The summed E-state index contributed by atoms with van der Waals surface area (Å²) >= 11 is 3.54. The molecule has 42 heavy (non-hydrogen) atoms. The van der Waals surface area contributed by atoms with Crippen molar-refractivity contribution < 1.29 is 37.1 Å². The van der Waals surface area contributed by atoms with E-state index in [1.165, 1.54) is 12.7 Å². The Morgan fingerprint density at radius 1 is 1.17 bits per heavy atom. The molecular weight excluding hydrogens is 616 g/mol. The van der Waals surface area contributed by atoms with Gasteiger partial charge in [0.05, 0.1) is 37.1 Å². The van der Waals surface area contributed by atoms with Gasteiger partial charge in [-0.2, -0.15) is 4.98 Å². The van der Waals surface area contributed by atoms with E-state index in [0.29, 0.717) is 35.3 Å². The average molecular weight is 644 g/mol. The molecule has 21 heteroatoms. The molecule has 7 atom stereocenters. The molecule has 2 aliphatic heterocycles. The molecule has 0 aliphatic carbocycles. The van der Waals surface area contributed by atoms with Crippen LogP contribution in [0.4, 0.5) is 11.8 Å². The van der Waals surface area contributed by atoms with Gasteiger partial charge in [0.15, 0.2) is 11.2 Å². The van der Waals surface area contributed by atoms with Crippen molar-refractivity contribution in [1.82, 2.24) is 34.1 Å². The molecule has 2 aliphatic rings. The van der Waals surface area contributed by atoms with E-state index in [2.05, 4.69) is 37.2 Å². The molecular formula is C21H27N9O9P2S. The van der Waals surface area contributed by atoms with Gasteiger partial charge in [-0.3, -0.25) is 23.4 Å². The Kier molecular flexibility index (Phi) is 8.12. The zero-order valence-electron chi connectivity index (χ0n) is 21.7. The highest BCUT2D eigenvalue weighted by Crippen LogP contribution is 2.48. The summed E-state index contributed by atoms with van der Waals surface area (Å²) in [6, 6.07) is 1.74. The molecule has 0 bridgehead atoms. The van der Waals surface area contributed by atoms with Crippen LogP contribution in [-0.2, 0) is 32.2 Å². The second-order valence-electron chi connectivity index (χ2n) is 9.65. The van der Waals surface area contributed by atoms with Gasteiger partial charge in [-0.25, -0.2) is 19.5 Å². The number of anilines is 2. The molecule has 0 aromatic carbocycles. The van der Waals surface area contributed by atoms with E-state index in [4.69, 9.17) is 34.5 Å². The lowest BCUT2D eigenvalue weighted by molar-refractivity contribution is -0.0383. The Balaban J connectivity index is 1.08. The average Bonchev–Trinajstić information content (AvgIpc) is 3.71. The van der Waals surface area contributed by atoms with Crippen LogP contribution in [0.25, 0.3) is 22.2 Å². The first-order valence-electron chi connectivity index (χ1n) is 12.7. The number of aromatic nitrogens is 7. The summed E-state index contributed by atoms with van der Waals surface area (Å²) < 4.78 is 56.1. The van der Waals surface area contributed by atoms with Gasteiger partial charge in [0.1, 0.15) is 36.4 Å². The largest absolute Gasteiger partial charge is 0.383 e. The standard InChI is InChI=1S/C21H27N9O9P2S/c22-17-11-3-4-29(18(11)25-8-24-17)15-5-12(13(38-15)7-36-41(33,34)42)39-40(32)35-6-10-1-2-14(37-10)30-9-26-16-19(30)27-21(23)28-20(16)31/h3-4,8-10,12-15,40H,1-2,5-7H2,(H2,22,24,25)(H2,33,34,42)(H3,23,27,28,31)/t10?,12?,13?,14-,15?/m1/s1. The zero-order chi connectivity index (χ0) is 29.6. The molecule has 18 nitrogen and oxygen atoms in total. The number of hydrogen-bond acceptors (Lipinski definition) is 14. The molecule has 2 fully saturated rings. The van der Waals surface area contributed by atoms with Crippen LogP contribution in [0.15, 0.2) is 29.7 Å². The number of nitrogen functional groups attached to an aromatic ring is 2. The topological polar surface area (TPSA) is 247 Å². The van der Waals surface area contributed by atoms with Crippen LogP contribution in [0.5, 0.6) is 0 Å². The highest BCUT2D eigenvalue weighted by atomic mass is 32.7. The minimum absolute atomic E-state index is 0.0316. The monoisotopic (exact) mass is 643 g/mol. The van der Waals surface area contributed by atoms with Gasteiger partial charge in [0, 0.05) is 12.6 Å². The van der Waals surface area contributed by atoms with E-state index in [-0.39, 0.29) is 31.1 Å². The van der Waals surface area contributed by atoms with E-state index < -0.39 is 51.4 Å². The van der Waals surface area contributed by atoms with Gasteiger partial charge in [0.25, 0.3) is 5.56 Å². The van der Waals surface area contributed by atoms with Crippen LogP contribution in [0, 0.1) is 0 Å². The molecule has 226 valence electrons. The van der Waals surface area contributed by atoms with E-state index in [1.807, 2.05) is 0 Å². The van der Waals surface area contributed by atoms with Crippen molar-refractivity contribution >= 4 is 61.3 Å². The molecule has 6 rings (SSSR count). The highest BCUT2D eigenvalue weighted by molar-refractivity contribution is 8.44. The number of nitrogens with one attached hydrogen (secondary N) is 1. The molecule has 4 aromatic heterocycles. The summed E-state index contributed by atoms with van der Waals surface area (Å²) in [5.74, 6) is 0.258. The van der Waals surface area contributed by atoms with Crippen molar-refractivity contribution in [3.05, 3.63) is 35.3 Å². The summed E-state index contributed by atoms with van der Waals surface area (Å²) in [6.07, 6.45) is 2.61. The van der Waals surface area contributed by atoms with E-state index >= 15 is 0 Å². The molecule has 6 unspecified atom stereocenters. The van der Waals surface area contributed by atoms with Crippen LogP contribution in [-0.4, -0.2) is 70.5 Å². The molecule has 0 amide bonds. The fourth-order valence-corrected chi connectivity index (χ4v) is 6.45. The van der Waals surface area contributed by atoms with Gasteiger partial charge >= 0.3 is 15.1 Å². The van der Waals surface area contributed by atoms with Crippen molar-refractivity contribution in [2.24, 2.45) is 0 Å². The SMILES string of the molecule is Nc1nc2c(ncn2[C@H]2CCC(CO[PH](=O)OC3CC(n4ccc5c(N)ncnc54)OC3COP(=O)(O)S)O2)c(=O)[nH]1. The lowest BCUT2D eigenvalue weighted by atomic mass is 10.2. The number of aromatic amines is 1. The number of H-pyrrole nitrogens is 1. The van der Waals surface area contributed by atoms with Crippen LogP contribution < -0.4 is 17.0 Å². The maximum absolute atomic E-state index is 12.9. The first kappa shape index (κ1) is 29.2. The van der Waals surface area contributed by atoms with E-state index in [1.54, 1.807) is 21.4 Å². The van der Waals surface area contributed by atoms with E-state index in [9.17, 15) is 18.8 Å². The van der Waals surface area contributed by atoms with Gasteiger partial charge in [-0.05, 0) is 18.9 Å². The Morgan fingerprint density at radius 3 is 2.81 bits per heavy atom. The van der Waals surface area contributed by atoms with Crippen molar-refractivity contribution in [3.8, 4) is 0 Å². The molecule has 6 N–H and O–H groups in total. The molecule has 0 radical (unpaired) electrons. The summed E-state index contributed by atoms with van der Waals surface area (Å²) in [7, 11) is -3.07. The summed E-state index contributed by atoms with van der Waals surface area (Å²) in [4.78, 5) is 40.4. The lowest BCUT2D eigenvalue weighted by Crippen LogP contribution is -2.27. The number of rotatable bonds is 10. The smallest absolute Gasteiger partial charge is 0.383 e. The highest BCUT2D eigenvalue weighted by Gasteiger charge is 2.40. The summed E-state index contributed by atoms with van der Waals surface area (Å²) in [5.41, 5.74) is 12.1.